The molecular formula is C11H22N2O3. The Hall–Kier alpha value is -1.10. The summed E-state index contributed by atoms with van der Waals surface area (Å²) in [4.78, 5) is 21.5. The average molecular weight is 230 g/mol. The number of aldehydes is 1. The Bertz CT molecular complexity index is 198. The lowest BCUT2D eigenvalue weighted by Crippen LogP contribution is -2.28. The Balaban J connectivity index is 3.32. The Morgan fingerprint density at radius 3 is 2.75 bits per heavy atom. The summed E-state index contributed by atoms with van der Waals surface area (Å²) in [5.41, 5.74) is 0. The second-order valence-electron chi connectivity index (χ2n) is 3.59. The summed E-state index contributed by atoms with van der Waals surface area (Å²) in [6, 6.07) is -0.0768. The molecule has 0 saturated heterocycles. The van der Waals surface area contributed by atoms with Gasteiger partial charge in [-0.2, -0.15) is 0 Å². The zero-order valence-corrected chi connectivity index (χ0v) is 10.1. The molecule has 0 bridgehead atoms. The van der Waals surface area contributed by atoms with Crippen molar-refractivity contribution in [3.63, 3.8) is 0 Å². The number of rotatable bonds is 9. The molecule has 0 radical (unpaired) electrons. The first kappa shape index (κ1) is 14.9. The van der Waals surface area contributed by atoms with Crippen LogP contribution in [0.1, 0.15) is 32.6 Å². The predicted molar refractivity (Wildman–Crippen MR) is 62.4 cm³/mol. The minimum Gasteiger partial charge on any atom is -0.450 e. The van der Waals surface area contributed by atoms with Gasteiger partial charge in [0.2, 0.25) is 0 Å². The van der Waals surface area contributed by atoms with Crippen LogP contribution in [-0.2, 0) is 9.53 Å². The van der Waals surface area contributed by atoms with Crippen LogP contribution in [0.5, 0.6) is 0 Å². The SMILES string of the molecule is CCCOC(=O)NCCCCC(C=O)NC. The summed E-state index contributed by atoms with van der Waals surface area (Å²) in [5.74, 6) is 0. The average Bonchev–Trinajstić information content (AvgIpc) is 2.31. The van der Waals surface area contributed by atoms with Gasteiger partial charge < -0.3 is 20.2 Å². The van der Waals surface area contributed by atoms with Crippen molar-refractivity contribution in [3.05, 3.63) is 0 Å². The summed E-state index contributed by atoms with van der Waals surface area (Å²) in [5, 5.41) is 5.56. The minimum absolute atomic E-state index is 0.0768. The van der Waals surface area contributed by atoms with E-state index in [0.29, 0.717) is 13.2 Å². The van der Waals surface area contributed by atoms with Gasteiger partial charge in [-0.25, -0.2) is 4.79 Å². The molecule has 0 aromatic carbocycles. The van der Waals surface area contributed by atoms with E-state index < -0.39 is 0 Å². The van der Waals surface area contributed by atoms with E-state index in [1.54, 1.807) is 7.05 Å². The van der Waals surface area contributed by atoms with E-state index in [4.69, 9.17) is 4.74 Å². The van der Waals surface area contributed by atoms with Gasteiger partial charge in [0, 0.05) is 6.54 Å². The third-order valence-corrected chi connectivity index (χ3v) is 2.18. The van der Waals surface area contributed by atoms with E-state index in [-0.39, 0.29) is 12.1 Å². The van der Waals surface area contributed by atoms with Gasteiger partial charge in [-0.1, -0.05) is 6.92 Å². The van der Waals surface area contributed by atoms with Crippen molar-refractivity contribution >= 4 is 12.4 Å². The van der Waals surface area contributed by atoms with Crippen LogP contribution in [0.2, 0.25) is 0 Å². The highest BCUT2D eigenvalue weighted by molar-refractivity contribution is 5.66. The van der Waals surface area contributed by atoms with Gasteiger partial charge in [0.25, 0.3) is 0 Å². The summed E-state index contributed by atoms with van der Waals surface area (Å²) in [6.07, 6.45) is 3.93. The van der Waals surface area contributed by atoms with Gasteiger partial charge >= 0.3 is 6.09 Å². The lowest BCUT2D eigenvalue weighted by Gasteiger charge is -2.09. The fourth-order valence-corrected chi connectivity index (χ4v) is 1.21. The molecule has 2 N–H and O–H groups in total. The normalized spacial score (nSPS) is 11.9. The molecule has 0 heterocycles. The number of nitrogens with one attached hydrogen (secondary N) is 2. The second-order valence-corrected chi connectivity index (χ2v) is 3.59. The number of amides is 1. The summed E-state index contributed by atoms with van der Waals surface area (Å²) >= 11 is 0. The maximum absolute atomic E-state index is 11.0. The number of carbonyl (C=O) groups excluding carboxylic acids is 2. The molecule has 0 spiro atoms. The maximum Gasteiger partial charge on any atom is 0.407 e. The fraction of sp³-hybridized carbons (Fsp3) is 0.818. The highest BCUT2D eigenvalue weighted by Gasteiger charge is 2.03. The van der Waals surface area contributed by atoms with E-state index in [0.717, 1.165) is 32.0 Å². The van der Waals surface area contributed by atoms with Crippen LogP contribution in [0, 0.1) is 0 Å². The monoisotopic (exact) mass is 230 g/mol. The molecule has 5 nitrogen and oxygen atoms in total. The molecule has 1 atom stereocenters. The smallest absolute Gasteiger partial charge is 0.407 e. The molecule has 5 heteroatoms. The van der Waals surface area contributed by atoms with Crippen LogP contribution in [0.3, 0.4) is 0 Å². The predicted octanol–water partition coefficient (Wildman–Crippen LogP) is 1.08. The van der Waals surface area contributed by atoms with Crippen molar-refractivity contribution < 1.29 is 14.3 Å². The van der Waals surface area contributed by atoms with E-state index in [1.807, 2.05) is 6.92 Å². The van der Waals surface area contributed by atoms with Gasteiger partial charge in [-0.3, -0.25) is 0 Å². The quantitative estimate of drug-likeness (QED) is 0.459. The molecule has 94 valence electrons. The first-order valence-electron chi connectivity index (χ1n) is 5.77. The fourth-order valence-electron chi connectivity index (χ4n) is 1.21. The highest BCUT2D eigenvalue weighted by atomic mass is 16.5. The van der Waals surface area contributed by atoms with Crippen molar-refractivity contribution in [2.75, 3.05) is 20.2 Å². The zero-order chi connectivity index (χ0) is 12.2. The van der Waals surface area contributed by atoms with Crippen molar-refractivity contribution in [1.82, 2.24) is 10.6 Å². The molecule has 16 heavy (non-hydrogen) atoms. The maximum atomic E-state index is 11.0. The van der Waals surface area contributed by atoms with Gasteiger partial charge in [0.05, 0.1) is 12.6 Å². The molecular weight excluding hydrogens is 208 g/mol. The molecule has 0 saturated carbocycles. The largest absolute Gasteiger partial charge is 0.450 e. The third kappa shape index (κ3) is 8.23. The van der Waals surface area contributed by atoms with Crippen LogP contribution >= 0.6 is 0 Å². The summed E-state index contributed by atoms with van der Waals surface area (Å²) in [7, 11) is 1.76. The van der Waals surface area contributed by atoms with Crippen LogP contribution in [-0.4, -0.2) is 38.6 Å². The Labute approximate surface area is 96.9 Å². The highest BCUT2D eigenvalue weighted by Crippen LogP contribution is 1.97. The molecule has 1 amide bonds. The van der Waals surface area contributed by atoms with E-state index in [2.05, 4.69) is 10.6 Å². The lowest BCUT2D eigenvalue weighted by atomic mass is 10.1. The minimum atomic E-state index is -0.359. The van der Waals surface area contributed by atoms with Crippen molar-refractivity contribution in [1.29, 1.82) is 0 Å². The Morgan fingerprint density at radius 2 is 2.19 bits per heavy atom. The van der Waals surface area contributed by atoms with Crippen LogP contribution < -0.4 is 10.6 Å². The molecule has 0 fully saturated rings. The topological polar surface area (TPSA) is 67.4 Å². The molecule has 0 aromatic rings. The second kappa shape index (κ2) is 10.4. The van der Waals surface area contributed by atoms with E-state index in [1.165, 1.54) is 0 Å². The Morgan fingerprint density at radius 1 is 1.44 bits per heavy atom. The lowest BCUT2D eigenvalue weighted by molar-refractivity contribution is -0.109. The standard InChI is InChI=1S/C11H22N2O3/c1-3-8-16-11(15)13-7-5-4-6-10(9-14)12-2/h9-10,12H,3-8H2,1-2H3,(H,13,15). The Kier molecular flexibility index (Phi) is 9.70. The van der Waals surface area contributed by atoms with Gasteiger partial charge in [-0.05, 0) is 32.7 Å². The molecule has 0 aromatic heterocycles. The first-order chi connectivity index (χ1) is 7.74. The van der Waals surface area contributed by atoms with Gasteiger partial charge in [0.15, 0.2) is 0 Å². The first-order valence-corrected chi connectivity index (χ1v) is 5.77. The van der Waals surface area contributed by atoms with Gasteiger partial charge in [0.1, 0.15) is 6.29 Å². The van der Waals surface area contributed by atoms with Crippen molar-refractivity contribution in [3.8, 4) is 0 Å². The van der Waals surface area contributed by atoms with Crippen molar-refractivity contribution in [2.45, 2.75) is 38.6 Å². The van der Waals surface area contributed by atoms with Crippen LogP contribution in [0.25, 0.3) is 0 Å². The number of alkyl carbamates (subject to hydrolysis) is 1. The number of hydrogen-bond acceptors (Lipinski definition) is 4. The summed E-state index contributed by atoms with van der Waals surface area (Å²) < 4.78 is 4.84. The number of ether oxygens (including phenoxy) is 1. The number of likely N-dealkylation sites (N-methyl/N-ethyl adjacent to an activating group) is 1. The zero-order valence-electron chi connectivity index (χ0n) is 10.1. The number of hydrogen-bond donors (Lipinski definition) is 2. The molecule has 0 aliphatic carbocycles. The third-order valence-electron chi connectivity index (χ3n) is 2.18. The van der Waals surface area contributed by atoms with E-state index in [9.17, 15) is 9.59 Å². The molecule has 0 rings (SSSR count). The number of carbonyl (C=O) groups is 2. The van der Waals surface area contributed by atoms with Gasteiger partial charge in [-0.15, -0.1) is 0 Å². The molecule has 0 aliphatic rings. The van der Waals surface area contributed by atoms with Crippen LogP contribution in [0.4, 0.5) is 4.79 Å². The summed E-state index contributed by atoms with van der Waals surface area (Å²) in [6.45, 7) is 3.00. The van der Waals surface area contributed by atoms with Crippen LogP contribution in [0.15, 0.2) is 0 Å². The van der Waals surface area contributed by atoms with Crippen molar-refractivity contribution in [2.24, 2.45) is 0 Å². The molecule has 1 unspecified atom stereocenters. The molecule has 0 aliphatic heterocycles. The number of unbranched alkanes of at least 4 members (excludes halogenated alkanes) is 1. The van der Waals surface area contributed by atoms with E-state index >= 15 is 0 Å².